The van der Waals surface area contributed by atoms with Crippen LogP contribution in [0.4, 0.5) is 11.4 Å². The van der Waals surface area contributed by atoms with Gasteiger partial charge < -0.3 is 0 Å². The summed E-state index contributed by atoms with van der Waals surface area (Å²) in [4.78, 5) is 12.3. The van der Waals surface area contributed by atoms with Crippen LogP contribution in [0.15, 0.2) is 192 Å². The summed E-state index contributed by atoms with van der Waals surface area (Å²) in [5.74, 6) is 0. The summed E-state index contributed by atoms with van der Waals surface area (Å²) in [6.07, 6.45) is 0. The van der Waals surface area contributed by atoms with E-state index in [-0.39, 0.29) is 13.4 Å². The van der Waals surface area contributed by atoms with Crippen molar-refractivity contribution in [1.82, 2.24) is 0 Å². The third-order valence-corrected chi connectivity index (χ3v) is 10.2. The van der Waals surface area contributed by atoms with Crippen LogP contribution in [0.25, 0.3) is 0 Å². The molecule has 0 bridgehead atoms. The van der Waals surface area contributed by atoms with E-state index in [0.717, 1.165) is 32.6 Å². The van der Waals surface area contributed by atoms with Crippen LogP contribution in [0.1, 0.15) is 23.6 Å². The summed E-state index contributed by atoms with van der Waals surface area (Å²) in [5.41, 5.74) is 11.5. The molecule has 234 valence electrons. The molecule has 7 rings (SSSR count). The Kier molecular flexibility index (Phi) is 9.91. The van der Waals surface area contributed by atoms with Crippen molar-refractivity contribution < 1.29 is 0 Å². The predicted molar refractivity (Wildman–Crippen MR) is 216 cm³/mol. The molecule has 49 heavy (non-hydrogen) atoms. The fraction of sp³-hybridized carbons (Fsp3) is 0.0455. The molecule has 0 atom stereocenters. The molecule has 5 heteroatoms. The lowest BCUT2D eigenvalue weighted by Gasteiger charge is -2.15. The van der Waals surface area contributed by atoms with E-state index in [4.69, 9.17) is 9.98 Å². The minimum Gasteiger partial charge on any atom is -0.252 e. The first kappa shape index (κ1) is 32.1. The van der Waals surface area contributed by atoms with Crippen LogP contribution in [0.2, 0.25) is 0 Å². The molecule has 0 aliphatic heterocycles. The van der Waals surface area contributed by atoms with Crippen molar-refractivity contribution in [3.05, 3.63) is 192 Å². The number of hydrogen-bond donors (Lipinski definition) is 0. The van der Waals surface area contributed by atoms with Crippen LogP contribution in [0, 0.1) is 0 Å². The van der Waals surface area contributed by atoms with Crippen LogP contribution >= 0.6 is 11.3 Å². The van der Waals surface area contributed by atoms with Gasteiger partial charge in [0.1, 0.15) is 0 Å². The van der Waals surface area contributed by atoms with Crippen molar-refractivity contribution in [3.8, 4) is 0 Å². The smallest absolute Gasteiger partial charge is 0.241 e. The second kappa shape index (κ2) is 15.1. The zero-order valence-corrected chi connectivity index (χ0v) is 28.6. The lowest BCUT2D eigenvalue weighted by atomic mass is 9.37. The Balaban J connectivity index is 1.07. The van der Waals surface area contributed by atoms with Gasteiger partial charge in [0.15, 0.2) is 0 Å². The van der Waals surface area contributed by atoms with Crippen LogP contribution in [-0.2, 0) is 0 Å². The number of thiophene rings is 1. The molecule has 2 nitrogen and oxygen atoms in total. The average molecular weight is 646 g/mol. The van der Waals surface area contributed by atoms with E-state index < -0.39 is 0 Å². The van der Waals surface area contributed by atoms with E-state index >= 15 is 0 Å². The van der Waals surface area contributed by atoms with Crippen LogP contribution in [0.5, 0.6) is 0 Å². The first-order valence-corrected chi connectivity index (χ1v) is 17.5. The summed E-state index contributed by atoms with van der Waals surface area (Å²) in [5, 5.41) is 0. The van der Waals surface area contributed by atoms with Gasteiger partial charge in [-0.2, -0.15) is 0 Å². The number of hydrogen-bond acceptors (Lipinski definition) is 3. The molecule has 0 spiro atoms. The average Bonchev–Trinajstić information content (AvgIpc) is 3.67. The van der Waals surface area contributed by atoms with Crippen molar-refractivity contribution in [2.45, 2.75) is 13.8 Å². The fourth-order valence-corrected chi connectivity index (χ4v) is 7.34. The number of aliphatic imine (C=N–C) groups is 2. The van der Waals surface area contributed by atoms with Gasteiger partial charge in [0.2, 0.25) is 13.4 Å². The third kappa shape index (κ3) is 7.64. The van der Waals surface area contributed by atoms with Crippen molar-refractivity contribution in [1.29, 1.82) is 0 Å². The largest absolute Gasteiger partial charge is 0.252 e. The van der Waals surface area contributed by atoms with E-state index in [2.05, 4.69) is 196 Å². The second-order valence-electron chi connectivity index (χ2n) is 12.3. The Morgan fingerprint density at radius 3 is 0.898 bits per heavy atom. The van der Waals surface area contributed by atoms with Crippen LogP contribution in [-0.4, -0.2) is 24.8 Å². The Morgan fingerprint density at radius 1 is 0.347 bits per heavy atom. The first-order valence-electron chi connectivity index (χ1n) is 16.7. The molecule has 0 saturated carbocycles. The van der Waals surface area contributed by atoms with Gasteiger partial charge in [-0.05, 0) is 50.2 Å². The van der Waals surface area contributed by atoms with Crippen LogP contribution < -0.4 is 32.8 Å². The van der Waals surface area contributed by atoms with Gasteiger partial charge in [0, 0.05) is 9.75 Å². The molecule has 0 saturated heterocycles. The van der Waals surface area contributed by atoms with E-state index in [9.17, 15) is 0 Å². The molecule has 0 unspecified atom stereocenters. The minimum atomic E-state index is 0.175. The lowest BCUT2D eigenvalue weighted by Crippen LogP contribution is -2.51. The van der Waals surface area contributed by atoms with Gasteiger partial charge in [-0.25, -0.2) is 0 Å². The maximum absolute atomic E-state index is 5.00. The Hall–Kier alpha value is -5.51. The van der Waals surface area contributed by atoms with Gasteiger partial charge in [-0.15, -0.1) is 11.3 Å². The minimum absolute atomic E-state index is 0.175. The monoisotopic (exact) mass is 646 g/mol. The summed E-state index contributed by atoms with van der Waals surface area (Å²) in [7, 11) is 0. The maximum atomic E-state index is 5.00. The van der Waals surface area contributed by atoms with E-state index in [1.807, 2.05) is 0 Å². The van der Waals surface area contributed by atoms with Crippen molar-refractivity contribution in [2.75, 3.05) is 0 Å². The third-order valence-electron chi connectivity index (χ3n) is 8.90. The number of rotatable bonds is 10. The molecular weight excluding hydrogens is 610 g/mol. The molecule has 0 fully saturated rings. The zero-order chi connectivity index (χ0) is 33.4. The first-order chi connectivity index (χ1) is 24.1. The highest BCUT2D eigenvalue weighted by molar-refractivity contribution is 7.16. The molecule has 0 aliphatic rings. The highest BCUT2D eigenvalue weighted by atomic mass is 32.1. The SMILES string of the molecule is CC(=Nc1ccc(B(c2ccccc2)c2ccccc2)cc1)c1ccc(C(C)=Nc2ccc(B(c3ccccc3)c3ccccc3)cc2)s1. The summed E-state index contributed by atoms with van der Waals surface area (Å²) in [6, 6.07) is 64.4. The Morgan fingerprint density at radius 2 is 0.612 bits per heavy atom. The maximum Gasteiger partial charge on any atom is 0.241 e. The van der Waals surface area contributed by atoms with E-state index in [1.165, 1.54) is 32.8 Å². The summed E-state index contributed by atoms with van der Waals surface area (Å²) in [6.45, 7) is 4.52. The summed E-state index contributed by atoms with van der Waals surface area (Å²) < 4.78 is 0. The standard InChI is InChI=1S/C44H36B2N2S/c1-33(47-41-27-23-39(24-28-41)45(35-15-7-3-8-16-35)36-17-9-4-10-18-36)43-31-32-44(49-43)34(2)48-42-29-25-40(26-30-42)46(37-19-11-5-12-20-37)38-21-13-6-14-22-38/h3-32H,1-2H3. The summed E-state index contributed by atoms with van der Waals surface area (Å²) >= 11 is 1.73. The van der Waals surface area contributed by atoms with Gasteiger partial charge in [0.05, 0.1) is 22.8 Å². The molecule has 1 aromatic heterocycles. The lowest BCUT2D eigenvalue weighted by molar-refractivity contribution is 1.50. The van der Waals surface area contributed by atoms with Crippen LogP contribution in [0.3, 0.4) is 0 Å². The molecular formula is C44H36B2N2S. The van der Waals surface area contributed by atoms with Crippen molar-refractivity contribution >= 4 is 80.3 Å². The molecule has 0 aliphatic carbocycles. The molecule has 0 radical (unpaired) electrons. The molecule has 1 heterocycles. The van der Waals surface area contributed by atoms with Gasteiger partial charge in [-0.3, -0.25) is 9.98 Å². The van der Waals surface area contributed by atoms with Crippen molar-refractivity contribution in [3.63, 3.8) is 0 Å². The van der Waals surface area contributed by atoms with Gasteiger partial charge >= 0.3 is 0 Å². The van der Waals surface area contributed by atoms with Gasteiger partial charge in [0.25, 0.3) is 0 Å². The van der Waals surface area contributed by atoms with E-state index in [1.54, 1.807) is 11.3 Å². The Labute approximate surface area is 294 Å². The number of nitrogens with zero attached hydrogens (tertiary/aromatic N) is 2. The second-order valence-corrected chi connectivity index (χ2v) is 13.3. The fourth-order valence-electron chi connectivity index (χ4n) is 6.44. The highest BCUT2D eigenvalue weighted by Crippen LogP contribution is 2.23. The zero-order valence-electron chi connectivity index (χ0n) is 27.8. The Bertz CT molecular complexity index is 1920. The molecule has 0 amide bonds. The topological polar surface area (TPSA) is 24.7 Å². The highest BCUT2D eigenvalue weighted by Gasteiger charge is 2.22. The predicted octanol–water partition coefficient (Wildman–Crippen LogP) is 7.06. The van der Waals surface area contributed by atoms with Gasteiger partial charge in [-0.1, -0.05) is 178 Å². The normalized spacial score (nSPS) is 11.7. The van der Waals surface area contributed by atoms with Crippen molar-refractivity contribution in [2.24, 2.45) is 9.98 Å². The molecule has 7 aromatic rings. The quantitative estimate of drug-likeness (QED) is 0.112. The molecule has 0 N–H and O–H groups in total. The molecule has 6 aromatic carbocycles. The number of benzene rings is 6. The van der Waals surface area contributed by atoms with E-state index in [0.29, 0.717) is 0 Å².